The lowest BCUT2D eigenvalue weighted by Crippen LogP contribution is -2.43. The molecule has 1 fully saturated rings. The third-order valence-electron chi connectivity index (χ3n) is 7.46. The number of fused-ring (bicyclic) bond motifs is 1. The monoisotopic (exact) mass is 586 g/mol. The van der Waals surface area contributed by atoms with Crippen LogP contribution in [0, 0.1) is 0 Å². The molecule has 1 N–H and O–H groups in total. The van der Waals surface area contributed by atoms with Crippen molar-refractivity contribution in [2.45, 2.75) is 47.9 Å². The average Bonchev–Trinajstić information content (AvgIpc) is 2.96. The average molecular weight is 587 g/mol. The molecule has 11 heteroatoms. The van der Waals surface area contributed by atoms with Crippen LogP contribution in [0.25, 0.3) is 10.9 Å². The third-order valence-corrected chi connectivity index (χ3v) is 9.23. The number of halogens is 3. The Kier molecular flexibility index (Phi) is 7.60. The molecule has 0 bridgehead atoms. The van der Waals surface area contributed by atoms with E-state index in [4.69, 9.17) is 4.74 Å². The lowest BCUT2D eigenvalue weighted by molar-refractivity contribution is -0.274. The molecule has 0 radical (unpaired) electrons. The summed E-state index contributed by atoms with van der Waals surface area (Å²) in [6, 6.07) is 17.3. The van der Waals surface area contributed by atoms with E-state index in [9.17, 15) is 26.7 Å². The van der Waals surface area contributed by atoms with Crippen LogP contribution >= 0.6 is 0 Å². The van der Waals surface area contributed by atoms with Gasteiger partial charge in [0, 0.05) is 24.7 Å². The maximum atomic E-state index is 13.9. The summed E-state index contributed by atoms with van der Waals surface area (Å²) in [7, 11) is -2.58. The second-order valence-corrected chi connectivity index (χ2v) is 11.9. The number of anilines is 1. The van der Waals surface area contributed by atoms with Gasteiger partial charge in [-0.3, -0.25) is 4.98 Å². The van der Waals surface area contributed by atoms with E-state index in [0.29, 0.717) is 16.8 Å². The van der Waals surface area contributed by atoms with Gasteiger partial charge in [0.2, 0.25) is 9.84 Å². The van der Waals surface area contributed by atoms with Crippen molar-refractivity contribution in [3.05, 3.63) is 84.1 Å². The zero-order valence-electron chi connectivity index (χ0n) is 22.5. The third kappa shape index (κ3) is 5.82. The van der Waals surface area contributed by atoms with Gasteiger partial charge in [-0.15, -0.1) is 13.2 Å². The number of piperidine rings is 1. The quantitative estimate of drug-likeness (QED) is 0.283. The zero-order valence-corrected chi connectivity index (χ0v) is 23.3. The first kappa shape index (κ1) is 28.7. The first-order chi connectivity index (χ1) is 19.4. The van der Waals surface area contributed by atoms with E-state index in [1.54, 1.807) is 41.3 Å². The largest absolute Gasteiger partial charge is 0.573 e. The first-order valence-corrected chi connectivity index (χ1v) is 14.6. The highest BCUT2D eigenvalue weighted by Crippen LogP contribution is 2.42. The number of nitrogens with zero attached hydrogens (tertiary/aromatic N) is 2. The molecular formula is C30H29F3N2O5S. The predicted molar refractivity (Wildman–Crippen MR) is 148 cm³/mol. The second kappa shape index (κ2) is 10.9. The fraction of sp³-hybridized carbons (Fsp3) is 0.300. The summed E-state index contributed by atoms with van der Waals surface area (Å²) < 4.78 is 76.5. The molecule has 0 unspecified atom stereocenters. The van der Waals surface area contributed by atoms with Crippen molar-refractivity contribution in [3.63, 3.8) is 0 Å². The van der Waals surface area contributed by atoms with Crippen molar-refractivity contribution in [2.24, 2.45) is 0 Å². The number of ether oxygens (including phenoxy) is 2. The summed E-state index contributed by atoms with van der Waals surface area (Å²) in [5.74, 6) is 0.109. The van der Waals surface area contributed by atoms with Crippen molar-refractivity contribution < 1.29 is 36.2 Å². The molecular weight excluding hydrogens is 557 g/mol. The molecule has 1 aromatic heterocycles. The molecule has 2 heterocycles. The topological polar surface area (TPSA) is 89.0 Å². The van der Waals surface area contributed by atoms with Crippen LogP contribution in [0.5, 0.6) is 11.5 Å². The van der Waals surface area contributed by atoms with Crippen LogP contribution in [-0.4, -0.2) is 45.1 Å². The summed E-state index contributed by atoms with van der Waals surface area (Å²) in [5, 5.41) is 11.7. The predicted octanol–water partition coefficient (Wildman–Crippen LogP) is 6.03. The van der Waals surface area contributed by atoms with Gasteiger partial charge in [-0.25, -0.2) is 8.42 Å². The van der Waals surface area contributed by atoms with Gasteiger partial charge in [0.25, 0.3) is 0 Å². The van der Waals surface area contributed by atoms with E-state index in [2.05, 4.69) is 9.72 Å². The minimum absolute atomic E-state index is 0.0460. The number of benzene rings is 3. The Hall–Kier alpha value is -3.83. The van der Waals surface area contributed by atoms with Crippen LogP contribution in [0.1, 0.15) is 30.9 Å². The molecule has 3 aromatic carbocycles. The molecule has 0 saturated carbocycles. The summed E-state index contributed by atoms with van der Waals surface area (Å²) in [6.07, 6.45) is -2.46. The summed E-state index contributed by atoms with van der Waals surface area (Å²) in [5.41, 5.74) is 0.953. The van der Waals surface area contributed by atoms with Gasteiger partial charge in [0.05, 0.1) is 28.8 Å². The van der Waals surface area contributed by atoms with Gasteiger partial charge in [-0.2, -0.15) is 0 Å². The number of aliphatic hydroxyl groups is 1. The highest BCUT2D eigenvalue weighted by Gasteiger charge is 2.37. The molecule has 216 valence electrons. The molecule has 1 saturated heterocycles. The number of rotatable bonds is 7. The fourth-order valence-electron chi connectivity index (χ4n) is 5.19. The second-order valence-electron chi connectivity index (χ2n) is 9.95. The number of aromatic nitrogens is 1. The van der Waals surface area contributed by atoms with E-state index in [1.165, 1.54) is 31.5 Å². The Morgan fingerprint density at radius 2 is 1.71 bits per heavy atom. The molecule has 5 rings (SSSR count). The van der Waals surface area contributed by atoms with Crippen molar-refractivity contribution >= 4 is 26.4 Å². The number of alkyl halides is 3. The van der Waals surface area contributed by atoms with Gasteiger partial charge in [-0.1, -0.05) is 31.2 Å². The SMILES string of the molecule is CCc1ccc(S(=O)(=O)c2cnc3ccc(OC(F)(F)F)cc3c2N2CCC(O)(c3cccc(OC)c3)CC2)cc1. The fourth-order valence-corrected chi connectivity index (χ4v) is 6.63. The molecule has 0 atom stereocenters. The lowest BCUT2D eigenvalue weighted by atomic mass is 9.84. The van der Waals surface area contributed by atoms with Gasteiger partial charge in [0.15, 0.2) is 0 Å². The van der Waals surface area contributed by atoms with Crippen molar-refractivity contribution in [1.29, 1.82) is 0 Å². The number of aryl methyl sites for hydroxylation is 1. The minimum Gasteiger partial charge on any atom is -0.497 e. The number of hydrogen-bond acceptors (Lipinski definition) is 7. The van der Waals surface area contributed by atoms with Crippen LogP contribution in [0.15, 0.2) is 82.7 Å². The molecule has 41 heavy (non-hydrogen) atoms. The van der Waals surface area contributed by atoms with Gasteiger partial charge < -0.3 is 19.5 Å². The maximum absolute atomic E-state index is 13.9. The number of hydrogen-bond donors (Lipinski definition) is 1. The molecule has 1 aliphatic rings. The molecule has 0 amide bonds. The van der Waals surface area contributed by atoms with Crippen molar-refractivity contribution in [2.75, 3.05) is 25.1 Å². The Morgan fingerprint density at radius 3 is 2.34 bits per heavy atom. The summed E-state index contributed by atoms with van der Waals surface area (Å²) in [6.45, 7) is 2.42. The van der Waals surface area contributed by atoms with Crippen LogP contribution in [0.2, 0.25) is 0 Å². The zero-order chi connectivity index (χ0) is 29.4. The molecule has 4 aromatic rings. The van der Waals surface area contributed by atoms with Crippen LogP contribution < -0.4 is 14.4 Å². The maximum Gasteiger partial charge on any atom is 0.573 e. The molecule has 0 spiro atoms. The van der Waals surface area contributed by atoms with Crippen LogP contribution in [-0.2, 0) is 21.9 Å². The van der Waals surface area contributed by atoms with Crippen molar-refractivity contribution in [1.82, 2.24) is 4.98 Å². The highest BCUT2D eigenvalue weighted by atomic mass is 32.2. The Bertz CT molecular complexity index is 1670. The van der Waals surface area contributed by atoms with Crippen molar-refractivity contribution in [3.8, 4) is 11.5 Å². The Balaban J connectivity index is 1.61. The van der Waals surface area contributed by atoms with Crippen LogP contribution in [0.3, 0.4) is 0 Å². The first-order valence-electron chi connectivity index (χ1n) is 13.1. The Morgan fingerprint density at radius 1 is 1.00 bits per heavy atom. The minimum atomic E-state index is -4.93. The number of methoxy groups -OCH3 is 1. The van der Waals surface area contributed by atoms with Gasteiger partial charge in [-0.05, 0) is 72.9 Å². The standard InChI is InChI=1S/C30H29F3N2O5S/c1-3-20-7-10-24(11-8-20)41(37,38)27-19-34-26-12-9-23(40-30(31,32)33)18-25(26)28(27)35-15-13-29(36,14-16-35)21-5-4-6-22(17-21)39-2/h4-12,17-19,36H,3,13-16H2,1-2H3. The van der Waals surface area contributed by atoms with E-state index in [-0.39, 0.29) is 46.8 Å². The molecule has 0 aliphatic carbocycles. The Labute approximate surface area is 236 Å². The van der Waals surface area contributed by atoms with Crippen LogP contribution in [0.4, 0.5) is 18.9 Å². The smallest absolute Gasteiger partial charge is 0.497 e. The van der Waals surface area contributed by atoms with Gasteiger partial charge >= 0.3 is 6.36 Å². The molecule has 1 aliphatic heterocycles. The molecule has 7 nitrogen and oxygen atoms in total. The van der Waals surface area contributed by atoms with E-state index in [0.717, 1.165) is 24.1 Å². The number of pyridine rings is 1. The van der Waals surface area contributed by atoms with E-state index in [1.807, 2.05) is 6.92 Å². The van der Waals surface area contributed by atoms with Gasteiger partial charge in [0.1, 0.15) is 16.4 Å². The normalized spacial score (nSPS) is 15.6. The highest BCUT2D eigenvalue weighted by molar-refractivity contribution is 7.91. The lowest BCUT2D eigenvalue weighted by Gasteiger charge is -2.40. The summed E-state index contributed by atoms with van der Waals surface area (Å²) in [4.78, 5) is 5.98. The summed E-state index contributed by atoms with van der Waals surface area (Å²) >= 11 is 0. The van der Waals surface area contributed by atoms with E-state index >= 15 is 0 Å². The number of sulfone groups is 1. The van der Waals surface area contributed by atoms with E-state index < -0.39 is 27.6 Å².